The van der Waals surface area contributed by atoms with Crippen molar-refractivity contribution in [2.24, 2.45) is 0 Å². The molecule has 0 radical (unpaired) electrons. The van der Waals surface area contributed by atoms with E-state index in [-0.39, 0.29) is 28.5 Å². The zero-order valence-electron chi connectivity index (χ0n) is 10.7. The van der Waals surface area contributed by atoms with E-state index in [2.05, 4.69) is 50.5 Å². The Morgan fingerprint density at radius 2 is 0.933 bits per heavy atom. The molecule has 0 nitrogen and oxygen atoms in total. The molecule has 0 saturated carbocycles. The zero-order chi connectivity index (χ0) is 10.2. The van der Waals surface area contributed by atoms with E-state index in [1.165, 1.54) is 25.7 Å². The normalized spacial score (nSPS) is 18.9. The van der Waals surface area contributed by atoms with Gasteiger partial charge in [-0.3, -0.25) is 0 Å². The number of allylic oxidation sites excluding steroid dienone is 4. The van der Waals surface area contributed by atoms with Crippen LogP contribution in [-0.2, 0) is 21.1 Å². The third-order valence-corrected chi connectivity index (χ3v) is 1.33. The Kier molecular flexibility index (Phi) is 17.2. The first kappa shape index (κ1) is 20.8. The summed E-state index contributed by atoms with van der Waals surface area (Å²) < 4.78 is 0. The molecule has 0 aliphatic heterocycles. The summed E-state index contributed by atoms with van der Waals surface area (Å²) in [5, 5.41) is 0. The maximum absolute atomic E-state index is 3.91. The second-order valence-corrected chi connectivity index (χ2v) is 9.78. The van der Waals surface area contributed by atoms with Gasteiger partial charge in [-0.1, -0.05) is 43.9 Å². The number of hydrogen-bond donors (Lipinski definition) is 0. The smallest absolute Gasteiger partial charge is 0.358 e. The third-order valence-electron chi connectivity index (χ3n) is 1.33. The van der Waals surface area contributed by atoms with Gasteiger partial charge in [0.2, 0.25) is 0 Å². The predicted molar refractivity (Wildman–Crippen MR) is 71.9 cm³/mol. The molecule has 92 valence electrons. The van der Waals surface area contributed by atoms with Gasteiger partial charge in [0.15, 0.2) is 0 Å². The van der Waals surface area contributed by atoms with Gasteiger partial charge in [-0.25, -0.2) is 0 Å². The Morgan fingerprint density at radius 1 is 0.800 bits per heavy atom. The van der Waals surface area contributed by atoms with Crippen LogP contribution in [0.25, 0.3) is 0 Å². The molecule has 0 atom stereocenters. The molecule has 0 fully saturated rings. The van der Waals surface area contributed by atoms with Crippen LogP contribution in [0.1, 0.15) is 25.7 Å². The van der Waals surface area contributed by atoms with Crippen LogP contribution in [0, 0.1) is 14.0 Å². The largest absolute Gasteiger partial charge is 2.00 e. The minimum Gasteiger partial charge on any atom is -0.358 e. The van der Waals surface area contributed by atoms with Crippen molar-refractivity contribution < 1.29 is 21.1 Å². The molecule has 15 heavy (non-hydrogen) atoms. The molecular weight excluding hydrogens is 379 g/mol. The molecule has 1 aliphatic rings. The van der Waals surface area contributed by atoms with Gasteiger partial charge >= 0.3 is 21.1 Å². The molecule has 0 spiro atoms. The fourth-order valence-corrected chi connectivity index (χ4v) is 0.856. The maximum Gasteiger partial charge on any atom is 2.00 e. The van der Waals surface area contributed by atoms with Gasteiger partial charge in [-0.15, -0.1) is 8.07 Å². The first-order chi connectivity index (χ1) is 6.00. The second kappa shape index (κ2) is 12.5. The van der Waals surface area contributed by atoms with Crippen molar-refractivity contribution in [3.8, 4) is 0 Å². The SMILES string of the molecule is C1=C\CC/C=C\CC/1.[CH2-][Si](C)(C)C.[CH3-].[Pt+2]. The van der Waals surface area contributed by atoms with Gasteiger partial charge in [-0.2, -0.15) is 0 Å². The van der Waals surface area contributed by atoms with Crippen LogP contribution < -0.4 is 0 Å². The average Bonchev–Trinajstić information content (AvgIpc) is 1.79. The van der Waals surface area contributed by atoms with E-state index in [1.807, 2.05) is 0 Å². The summed E-state index contributed by atoms with van der Waals surface area (Å²) in [6.07, 6.45) is 14.0. The average molecular weight is 406 g/mol. The van der Waals surface area contributed by atoms with Crippen molar-refractivity contribution in [1.29, 1.82) is 0 Å². The summed E-state index contributed by atoms with van der Waals surface area (Å²) in [6, 6.07) is 0. The quantitative estimate of drug-likeness (QED) is 0.308. The second-order valence-electron chi connectivity index (χ2n) is 4.66. The van der Waals surface area contributed by atoms with E-state index in [0.29, 0.717) is 0 Å². The van der Waals surface area contributed by atoms with Crippen LogP contribution >= 0.6 is 0 Å². The van der Waals surface area contributed by atoms with E-state index >= 15 is 0 Å². The van der Waals surface area contributed by atoms with Crippen LogP contribution in [0.15, 0.2) is 24.3 Å². The van der Waals surface area contributed by atoms with Gasteiger partial charge < -0.3 is 14.0 Å². The van der Waals surface area contributed by atoms with Crippen molar-refractivity contribution >= 4 is 8.07 Å². The van der Waals surface area contributed by atoms with Crippen molar-refractivity contribution in [3.05, 3.63) is 38.3 Å². The molecule has 0 amide bonds. The van der Waals surface area contributed by atoms with Crippen LogP contribution in [-0.4, -0.2) is 8.07 Å². The topological polar surface area (TPSA) is 0 Å². The van der Waals surface area contributed by atoms with Gasteiger partial charge in [0, 0.05) is 0 Å². The minimum atomic E-state index is -0.861. The summed E-state index contributed by atoms with van der Waals surface area (Å²) >= 11 is 0. The Balaban J connectivity index is -0.000000185. The molecule has 1 rings (SSSR count). The zero-order valence-corrected chi connectivity index (χ0v) is 13.9. The molecule has 0 saturated heterocycles. The van der Waals surface area contributed by atoms with Crippen molar-refractivity contribution in [2.45, 2.75) is 45.3 Å². The molecule has 1 aliphatic carbocycles. The Bertz CT molecular complexity index is 134. The Hall–Kier alpha value is 0.385. The van der Waals surface area contributed by atoms with Crippen LogP contribution in [0.5, 0.6) is 0 Å². The van der Waals surface area contributed by atoms with Gasteiger partial charge in [0.05, 0.1) is 0 Å². The minimum absolute atomic E-state index is 0. The summed E-state index contributed by atoms with van der Waals surface area (Å²) in [7, 11) is -0.861. The number of rotatable bonds is 0. The fraction of sp³-hybridized carbons (Fsp3) is 0.538. The van der Waals surface area contributed by atoms with Crippen LogP contribution in [0.3, 0.4) is 0 Å². The van der Waals surface area contributed by atoms with E-state index in [0.717, 1.165) is 0 Å². The molecule has 0 aromatic carbocycles. The molecule has 0 bridgehead atoms. The molecule has 0 unspecified atom stereocenters. The first-order valence-corrected chi connectivity index (χ1v) is 8.86. The van der Waals surface area contributed by atoms with Crippen molar-refractivity contribution in [3.63, 3.8) is 0 Å². The summed E-state index contributed by atoms with van der Waals surface area (Å²) in [6.45, 7) is 10.6. The molecule has 0 heterocycles. The monoisotopic (exact) mass is 405 g/mol. The van der Waals surface area contributed by atoms with E-state index in [9.17, 15) is 0 Å². The summed E-state index contributed by atoms with van der Waals surface area (Å²) in [4.78, 5) is 0. The predicted octanol–water partition coefficient (Wildman–Crippen LogP) is 4.82. The Morgan fingerprint density at radius 3 is 1.07 bits per heavy atom. The van der Waals surface area contributed by atoms with E-state index < -0.39 is 8.07 Å². The van der Waals surface area contributed by atoms with E-state index in [1.54, 1.807) is 0 Å². The van der Waals surface area contributed by atoms with Crippen LogP contribution in [0.4, 0.5) is 0 Å². The standard InChI is InChI=1S/C8H12.C4H11Si.CH3.Pt/c1-2-4-6-8-7-5-3-1;1-5(2,3)4;;/h1-2,7-8H,3-6H2;1H2,2-4H3;1H3;/q;2*-1;+2/b2-1-,8-7-;;;. The molecule has 0 aromatic rings. The van der Waals surface area contributed by atoms with Crippen molar-refractivity contribution in [1.82, 2.24) is 0 Å². The Labute approximate surface area is 113 Å². The first-order valence-electron chi connectivity index (χ1n) is 5.15. The van der Waals surface area contributed by atoms with Crippen LogP contribution in [0.2, 0.25) is 19.6 Å². The van der Waals surface area contributed by atoms with Crippen molar-refractivity contribution in [2.75, 3.05) is 0 Å². The fourth-order valence-electron chi connectivity index (χ4n) is 0.856. The molecule has 0 N–H and O–H groups in total. The third kappa shape index (κ3) is 31.4. The van der Waals surface area contributed by atoms with E-state index in [4.69, 9.17) is 0 Å². The summed E-state index contributed by atoms with van der Waals surface area (Å²) in [5.74, 6) is 0. The van der Waals surface area contributed by atoms with Gasteiger partial charge in [0.25, 0.3) is 0 Å². The molecule has 2 heteroatoms. The molecular formula is C13H26PtSi. The van der Waals surface area contributed by atoms with Gasteiger partial charge in [-0.05, 0) is 25.7 Å². The maximum atomic E-state index is 3.91. The summed E-state index contributed by atoms with van der Waals surface area (Å²) in [5.41, 5.74) is 0. The molecule has 0 aromatic heterocycles. The number of hydrogen-bond acceptors (Lipinski definition) is 0. The van der Waals surface area contributed by atoms with Gasteiger partial charge in [0.1, 0.15) is 0 Å².